The van der Waals surface area contributed by atoms with Crippen molar-refractivity contribution in [1.82, 2.24) is 9.78 Å². The van der Waals surface area contributed by atoms with Crippen LogP contribution in [0.1, 0.15) is 5.56 Å². The number of hydrogen-bond acceptors (Lipinski definition) is 1. The molecule has 0 aliphatic carbocycles. The number of nitrogens with zero attached hydrogens (tertiary/aromatic N) is 2. The fourth-order valence-corrected chi connectivity index (χ4v) is 1.70. The summed E-state index contributed by atoms with van der Waals surface area (Å²) in [5.41, 5.74) is 2.03. The number of para-hydroxylation sites is 1. The van der Waals surface area contributed by atoms with Crippen LogP contribution in [0.25, 0.3) is 10.9 Å². The first-order valence-corrected chi connectivity index (χ1v) is 5.43. The molecule has 2 nitrogen and oxygen atoms in total. The molecule has 0 bridgehead atoms. The molecule has 80 valence electrons. The van der Waals surface area contributed by atoms with E-state index in [1.807, 2.05) is 60.8 Å². The molecule has 0 radical (unpaired) electrons. The van der Waals surface area contributed by atoms with E-state index in [1.54, 1.807) is 4.68 Å². The summed E-state index contributed by atoms with van der Waals surface area (Å²) in [4.78, 5) is 0. The molecule has 0 saturated carbocycles. The van der Waals surface area contributed by atoms with Gasteiger partial charge in [-0.3, -0.25) is 0 Å². The second-order valence-electron chi connectivity index (χ2n) is 3.72. The fourth-order valence-electron chi connectivity index (χ4n) is 1.70. The highest BCUT2D eigenvalue weighted by molar-refractivity contribution is 5.79. The Labute approximate surface area is 99.5 Å². The Hall–Kier alpha value is -2.53. The molecule has 3 rings (SSSR count). The summed E-state index contributed by atoms with van der Waals surface area (Å²) in [5, 5.41) is 5.36. The Morgan fingerprint density at radius 2 is 1.65 bits per heavy atom. The van der Waals surface area contributed by atoms with E-state index in [-0.39, 0.29) is 0 Å². The first-order chi connectivity index (χ1) is 8.43. The van der Waals surface area contributed by atoms with E-state index in [9.17, 15) is 0 Å². The number of hydrogen-bond donors (Lipinski definition) is 0. The van der Waals surface area contributed by atoms with Gasteiger partial charge in [-0.05, 0) is 24.1 Å². The van der Waals surface area contributed by atoms with Crippen LogP contribution in [0.2, 0.25) is 0 Å². The Balaban J connectivity index is 2.04. The van der Waals surface area contributed by atoms with E-state index in [1.165, 1.54) is 0 Å². The second kappa shape index (κ2) is 4.15. The van der Waals surface area contributed by atoms with Crippen LogP contribution in [-0.2, 0) is 0 Å². The Bertz CT molecular complexity index is 700. The number of benzene rings is 2. The maximum absolute atomic E-state index is 4.25. The Morgan fingerprint density at radius 1 is 0.882 bits per heavy atom. The summed E-state index contributed by atoms with van der Waals surface area (Å²) < 4.78 is 1.71. The van der Waals surface area contributed by atoms with Crippen molar-refractivity contribution in [3.8, 4) is 12.0 Å². The summed E-state index contributed by atoms with van der Waals surface area (Å²) in [6.45, 7) is 0. The van der Waals surface area contributed by atoms with Crippen molar-refractivity contribution >= 4 is 10.9 Å². The van der Waals surface area contributed by atoms with Crippen LogP contribution in [0.15, 0.2) is 60.8 Å². The van der Waals surface area contributed by atoms with Gasteiger partial charge in [0.15, 0.2) is 0 Å². The van der Waals surface area contributed by atoms with E-state index in [0.29, 0.717) is 0 Å². The summed E-state index contributed by atoms with van der Waals surface area (Å²) in [6, 6.07) is 21.0. The molecule has 0 fully saturated rings. The van der Waals surface area contributed by atoms with Crippen LogP contribution in [0.5, 0.6) is 0 Å². The molecule has 2 aromatic carbocycles. The average Bonchev–Trinajstić information content (AvgIpc) is 2.81. The molecule has 0 N–H and O–H groups in total. The van der Waals surface area contributed by atoms with Gasteiger partial charge in [0.1, 0.15) is 0 Å². The van der Waals surface area contributed by atoms with Crippen molar-refractivity contribution in [2.45, 2.75) is 0 Å². The van der Waals surface area contributed by atoms with Gasteiger partial charge >= 0.3 is 0 Å². The third kappa shape index (κ3) is 1.91. The van der Waals surface area contributed by atoms with Gasteiger partial charge in [0, 0.05) is 17.0 Å². The maximum atomic E-state index is 4.25. The van der Waals surface area contributed by atoms with Gasteiger partial charge in [-0.15, -0.1) is 0 Å². The van der Waals surface area contributed by atoms with Gasteiger partial charge in [0.25, 0.3) is 0 Å². The minimum absolute atomic E-state index is 0.993. The first-order valence-electron chi connectivity index (χ1n) is 5.43. The molecule has 0 aliphatic rings. The highest BCUT2D eigenvalue weighted by atomic mass is 15.3. The zero-order valence-electron chi connectivity index (χ0n) is 9.17. The molecule has 0 aliphatic heterocycles. The topological polar surface area (TPSA) is 17.8 Å². The van der Waals surface area contributed by atoms with Crippen LogP contribution in [-0.4, -0.2) is 9.78 Å². The van der Waals surface area contributed by atoms with Crippen molar-refractivity contribution in [2.24, 2.45) is 0 Å². The van der Waals surface area contributed by atoms with Gasteiger partial charge in [-0.1, -0.05) is 36.4 Å². The molecule has 0 saturated heterocycles. The number of rotatable bonds is 0. The third-order valence-corrected chi connectivity index (χ3v) is 2.56. The molecule has 0 atom stereocenters. The van der Waals surface area contributed by atoms with E-state index in [2.05, 4.69) is 17.1 Å². The average molecular weight is 218 g/mol. The van der Waals surface area contributed by atoms with E-state index >= 15 is 0 Å². The van der Waals surface area contributed by atoms with E-state index < -0.39 is 0 Å². The summed E-state index contributed by atoms with van der Waals surface area (Å²) in [7, 11) is 0. The van der Waals surface area contributed by atoms with Crippen molar-refractivity contribution < 1.29 is 0 Å². The van der Waals surface area contributed by atoms with Crippen molar-refractivity contribution in [2.75, 3.05) is 0 Å². The maximum Gasteiger partial charge on any atom is 0.0834 e. The largest absolute Gasteiger partial charge is 0.189 e. The smallest absolute Gasteiger partial charge is 0.0834 e. The Morgan fingerprint density at radius 3 is 2.53 bits per heavy atom. The minimum atomic E-state index is 0.993. The van der Waals surface area contributed by atoms with Crippen LogP contribution >= 0.6 is 0 Å². The lowest BCUT2D eigenvalue weighted by Crippen LogP contribution is -1.89. The molecular formula is C15H10N2. The van der Waals surface area contributed by atoms with E-state index in [4.69, 9.17) is 0 Å². The van der Waals surface area contributed by atoms with Gasteiger partial charge in [0.2, 0.25) is 0 Å². The molecule has 1 heterocycles. The SMILES string of the molecule is C(#Cn1ncc2ccccc21)c1ccccc1. The second-order valence-corrected chi connectivity index (χ2v) is 3.72. The van der Waals surface area contributed by atoms with E-state index in [0.717, 1.165) is 16.5 Å². The molecular weight excluding hydrogens is 208 g/mol. The molecule has 17 heavy (non-hydrogen) atoms. The molecule has 0 amide bonds. The number of fused-ring (bicyclic) bond motifs is 1. The predicted octanol–water partition coefficient (Wildman–Crippen LogP) is 2.89. The highest BCUT2D eigenvalue weighted by Gasteiger charge is 1.97. The standard InChI is InChI=1S/C15H10N2/c1-2-6-13(7-3-1)10-11-17-15-9-5-4-8-14(15)12-16-17/h1-9,12H. The normalized spacial score (nSPS) is 9.88. The molecule has 2 heteroatoms. The monoisotopic (exact) mass is 218 g/mol. The van der Waals surface area contributed by atoms with Crippen molar-refractivity contribution in [3.05, 3.63) is 66.4 Å². The van der Waals surface area contributed by atoms with Crippen molar-refractivity contribution in [1.29, 1.82) is 0 Å². The van der Waals surface area contributed by atoms with Crippen molar-refractivity contribution in [3.63, 3.8) is 0 Å². The van der Waals surface area contributed by atoms with Gasteiger partial charge in [-0.2, -0.15) is 9.78 Å². The van der Waals surface area contributed by atoms with Crippen LogP contribution in [0, 0.1) is 12.0 Å². The summed E-state index contributed by atoms with van der Waals surface area (Å²) >= 11 is 0. The van der Waals surface area contributed by atoms with Crippen LogP contribution < -0.4 is 0 Å². The molecule has 0 spiro atoms. The van der Waals surface area contributed by atoms with Crippen LogP contribution in [0.4, 0.5) is 0 Å². The minimum Gasteiger partial charge on any atom is -0.189 e. The van der Waals surface area contributed by atoms with Gasteiger partial charge < -0.3 is 0 Å². The zero-order valence-corrected chi connectivity index (χ0v) is 9.17. The Kier molecular flexibility index (Phi) is 2.36. The number of aromatic nitrogens is 2. The fraction of sp³-hybridized carbons (Fsp3) is 0. The molecule has 1 aromatic heterocycles. The third-order valence-electron chi connectivity index (χ3n) is 2.56. The predicted molar refractivity (Wildman–Crippen MR) is 68.5 cm³/mol. The zero-order chi connectivity index (χ0) is 11.5. The lowest BCUT2D eigenvalue weighted by atomic mass is 10.2. The van der Waals surface area contributed by atoms with Crippen LogP contribution in [0.3, 0.4) is 0 Å². The highest BCUT2D eigenvalue weighted by Crippen LogP contribution is 2.11. The van der Waals surface area contributed by atoms with Gasteiger partial charge in [0.05, 0.1) is 11.7 Å². The molecule has 0 unspecified atom stereocenters. The lowest BCUT2D eigenvalue weighted by Gasteiger charge is -1.91. The summed E-state index contributed by atoms with van der Waals surface area (Å²) in [5.74, 6) is 3.09. The lowest BCUT2D eigenvalue weighted by molar-refractivity contribution is 0.948. The molecule has 3 aromatic rings. The first kappa shape index (κ1) is 9.68. The summed E-state index contributed by atoms with van der Waals surface area (Å²) in [6.07, 6.45) is 1.83. The quantitative estimate of drug-likeness (QED) is 0.530. The van der Waals surface area contributed by atoms with Gasteiger partial charge in [-0.25, -0.2) is 0 Å².